The van der Waals surface area contributed by atoms with Gasteiger partial charge in [0, 0.05) is 36.7 Å². The number of nitrogens with zero attached hydrogens (tertiary/aromatic N) is 2. The van der Waals surface area contributed by atoms with Crippen LogP contribution in [0.4, 0.5) is 0 Å². The van der Waals surface area contributed by atoms with Gasteiger partial charge in [-0.1, -0.05) is 43.8 Å². The number of imidazole rings is 1. The van der Waals surface area contributed by atoms with Crippen LogP contribution in [-0.2, 0) is 17.1 Å². The third-order valence-electron chi connectivity index (χ3n) is 5.26. The molecule has 0 saturated carbocycles. The molecule has 3 rings (SSSR count). The van der Waals surface area contributed by atoms with Crippen LogP contribution in [0.1, 0.15) is 41.8 Å². The molecule has 0 amide bonds. The average Bonchev–Trinajstić information content (AvgIpc) is 3.22. The molecule has 2 N–H and O–H groups in total. The maximum absolute atomic E-state index is 9.98. The summed E-state index contributed by atoms with van der Waals surface area (Å²) in [5, 5.41) is 19.7. The first-order valence-electron chi connectivity index (χ1n) is 10.0. The molecule has 30 heavy (non-hydrogen) atoms. The van der Waals surface area contributed by atoms with E-state index >= 15 is 0 Å². The minimum absolute atomic E-state index is 0.0748. The molecule has 0 saturated heterocycles. The van der Waals surface area contributed by atoms with Gasteiger partial charge in [0.2, 0.25) is 0 Å². The van der Waals surface area contributed by atoms with Crippen LogP contribution in [0.15, 0.2) is 61.4 Å². The predicted molar refractivity (Wildman–Crippen MR) is 123 cm³/mol. The normalized spacial score (nSPS) is 12.1. The molecule has 158 valence electrons. The van der Waals surface area contributed by atoms with Gasteiger partial charge in [-0.2, -0.15) is 0 Å². The van der Waals surface area contributed by atoms with E-state index in [0.717, 1.165) is 35.4 Å². The number of phenolic OH excluding ortho intramolecular Hbond substituents is 2. The van der Waals surface area contributed by atoms with Gasteiger partial charge in [-0.25, -0.2) is 4.98 Å². The number of phenols is 2. The molecule has 1 aromatic heterocycles. The van der Waals surface area contributed by atoms with E-state index < -0.39 is 0 Å². The van der Waals surface area contributed by atoms with Crippen molar-refractivity contribution in [3.63, 3.8) is 0 Å². The van der Waals surface area contributed by atoms with Crippen molar-refractivity contribution in [3.8, 4) is 11.5 Å². The first kappa shape index (κ1) is 22.0. The van der Waals surface area contributed by atoms with Gasteiger partial charge in [-0.05, 0) is 53.7 Å². The maximum Gasteiger partial charge on any atom is 0.157 e. The first-order chi connectivity index (χ1) is 14.5. The molecule has 1 unspecified atom stereocenters. The minimum atomic E-state index is -0.120. The Hall–Kier alpha value is -2.70. The summed E-state index contributed by atoms with van der Waals surface area (Å²) in [5.74, 6) is 0.668. The van der Waals surface area contributed by atoms with Gasteiger partial charge in [0.05, 0.1) is 6.61 Å². The van der Waals surface area contributed by atoms with Crippen molar-refractivity contribution < 1.29 is 14.4 Å². The topological polar surface area (TPSA) is 67.5 Å². The SMILES string of the molecule is C=C(c1ccccc1CC)c1nccn1CC(CCOSC)c1ccc(O)c(O)c1. The summed E-state index contributed by atoms with van der Waals surface area (Å²) in [6.45, 7) is 7.71. The van der Waals surface area contributed by atoms with Gasteiger partial charge in [0.25, 0.3) is 0 Å². The molecule has 0 radical (unpaired) electrons. The molecule has 0 aliphatic carbocycles. The minimum Gasteiger partial charge on any atom is -0.504 e. The van der Waals surface area contributed by atoms with Crippen LogP contribution in [-0.4, -0.2) is 32.6 Å². The van der Waals surface area contributed by atoms with E-state index in [1.54, 1.807) is 12.3 Å². The second-order valence-electron chi connectivity index (χ2n) is 7.11. The highest BCUT2D eigenvalue weighted by molar-refractivity contribution is 7.93. The van der Waals surface area contributed by atoms with Crippen LogP contribution < -0.4 is 0 Å². The third-order valence-corrected chi connectivity index (χ3v) is 5.67. The molecule has 2 aromatic carbocycles. The summed E-state index contributed by atoms with van der Waals surface area (Å²) in [5.41, 5.74) is 4.18. The summed E-state index contributed by atoms with van der Waals surface area (Å²) in [6, 6.07) is 13.3. The summed E-state index contributed by atoms with van der Waals surface area (Å²) >= 11 is 1.34. The zero-order chi connectivity index (χ0) is 21.5. The largest absolute Gasteiger partial charge is 0.504 e. The molecule has 0 bridgehead atoms. The van der Waals surface area contributed by atoms with Crippen molar-refractivity contribution in [1.29, 1.82) is 0 Å². The Morgan fingerprint density at radius 3 is 2.73 bits per heavy atom. The molecule has 0 fully saturated rings. The molecule has 3 aromatic rings. The van der Waals surface area contributed by atoms with Crippen molar-refractivity contribution in [2.75, 3.05) is 12.9 Å². The lowest BCUT2D eigenvalue weighted by Gasteiger charge is -2.20. The van der Waals surface area contributed by atoms with E-state index in [2.05, 4.69) is 35.2 Å². The summed E-state index contributed by atoms with van der Waals surface area (Å²) in [7, 11) is 0. The van der Waals surface area contributed by atoms with Gasteiger partial charge in [0.15, 0.2) is 11.5 Å². The Balaban J connectivity index is 1.89. The fraction of sp³-hybridized carbons (Fsp3) is 0.292. The van der Waals surface area contributed by atoms with Gasteiger partial charge in [0.1, 0.15) is 5.82 Å². The second-order valence-corrected chi connectivity index (χ2v) is 7.68. The van der Waals surface area contributed by atoms with Crippen molar-refractivity contribution in [2.45, 2.75) is 32.2 Å². The number of benzene rings is 2. The Bertz CT molecular complexity index is 1000. The number of aromatic nitrogens is 2. The second kappa shape index (κ2) is 10.4. The van der Waals surface area contributed by atoms with Crippen LogP contribution in [0, 0.1) is 0 Å². The van der Waals surface area contributed by atoms with Crippen molar-refractivity contribution in [1.82, 2.24) is 9.55 Å². The molecular weight excluding hydrogens is 396 g/mol. The molecule has 6 heteroatoms. The van der Waals surface area contributed by atoms with Crippen molar-refractivity contribution >= 4 is 17.6 Å². The van der Waals surface area contributed by atoms with E-state index in [1.165, 1.54) is 23.7 Å². The van der Waals surface area contributed by atoms with E-state index in [9.17, 15) is 10.2 Å². The Morgan fingerprint density at radius 2 is 2.00 bits per heavy atom. The molecule has 0 aliphatic rings. The maximum atomic E-state index is 9.98. The molecular formula is C24H28N2O3S. The standard InChI is InChI=1S/C24H28N2O3S/c1-4-18-7-5-6-8-21(18)17(2)24-25-12-13-26(24)16-20(11-14-29-30-3)19-9-10-22(27)23(28)15-19/h5-10,12-13,15,20,27-28H,2,4,11,14,16H2,1,3H3. The zero-order valence-corrected chi connectivity index (χ0v) is 18.2. The Kier molecular flexibility index (Phi) is 7.60. The van der Waals surface area contributed by atoms with Crippen LogP contribution in [0.5, 0.6) is 11.5 Å². The average molecular weight is 425 g/mol. The lowest BCUT2D eigenvalue weighted by molar-refractivity contribution is 0.335. The highest BCUT2D eigenvalue weighted by atomic mass is 32.2. The van der Waals surface area contributed by atoms with E-state index in [1.807, 2.05) is 30.7 Å². The molecule has 0 aliphatic heterocycles. The van der Waals surface area contributed by atoms with Crippen molar-refractivity contribution in [3.05, 3.63) is 84.0 Å². The van der Waals surface area contributed by atoms with E-state index in [4.69, 9.17) is 4.18 Å². The number of aryl methyl sites for hydroxylation is 1. The Labute approximate surface area is 182 Å². The van der Waals surface area contributed by atoms with Gasteiger partial charge in [-0.15, -0.1) is 0 Å². The molecule has 5 nitrogen and oxygen atoms in total. The first-order valence-corrected chi connectivity index (χ1v) is 11.2. The van der Waals surface area contributed by atoms with Gasteiger partial charge in [-0.3, -0.25) is 0 Å². The van der Waals surface area contributed by atoms with E-state index in [-0.39, 0.29) is 17.4 Å². The van der Waals surface area contributed by atoms with Crippen LogP contribution in [0.25, 0.3) is 5.57 Å². The number of hydrogen-bond donors (Lipinski definition) is 2. The van der Waals surface area contributed by atoms with E-state index in [0.29, 0.717) is 13.2 Å². The van der Waals surface area contributed by atoms with Crippen LogP contribution in [0.2, 0.25) is 0 Å². The number of hydrogen-bond acceptors (Lipinski definition) is 5. The third kappa shape index (κ3) is 5.07. The predicted octanol–water partition coefficient (Wildman–Crippen LogP) is 5.39. The monoisotopic (exact) mass is 424 g/mol. The quantitative estimate of drug-likeness (QED) is 0.260. The van der Waals surface area contributed by atoms with Gasteiger partial charge >= 0.3 is 0 Å². The zero-order valence-electron chi connectivity index (χ0n) is 17.4. The summed E-state index contributed by atoms with van der Waals surface area (Å²) in [4.78, 5) is 4.58. The lowest BCUT2D eigenvalue weighted by Crippen LogP contribution is -2.13. The summed E-state index contributed by atoms with van der Waals surface area (Å²) < 4.78 is 7.60. The molecule has 0 spiro atoms. The highest BCUT2D eigenvalue weighted by Gasteiger charge is 2.18. The van der Waals surface area contributed by atoms with Crippen LogP contribution in [0.3, 0.4) is 0 Å². The molecule has 1 atom stereocenters. The van der Waals surface area contributed by atoms with Crippen LogP contribution >= 0.6 is 12.0 Å². The fourth-order valence-electron chi connectivity index (χ4n) is 3.64. The fourth-order valence-corrected chi connectivity index (χ4v) is 3.90. The Morgan fingerprint density at radius 1 is 1.20 bits per heavy atom. The number of aromatic hydroxyl groups is 2. The summed E-state index contributed by atoms with van der Waals surface area (Å²) in [6.07, 6.45) is 7.33. The molecule has 1 heterocycles. The lowest BCUT2D eigenvalue weighted by atomic mass is 9.94. The van der Waals surface area contributed by atoms with Gasteiger partial charge < -0.3 is 19.0 Å². The van der Waals surface area contributed by atoms with Crippen molar-refractivity contribution in [2.24, 2.45) is 0 Å². The highest BCUT2D eigenvalue weighted by Crippen LogP contribution is 2.32. The smallest absolute Gasteiger partial charge is 0.157 e. The number of rotatable bonds is 10.